The topological polar surface area (TPSA) is 56.8 Å². The van der Waals surface area contributed by atoms with Crippen LogP contribution in [0.5, 0.6) is 0 Å². The number of fused-ring (bicyclic) bond motifs is 1. The number of hydrogen-bond donors (Lipinski definition) is 2. The quantitative estimate of drug-likeness (QED) is 0.806. The third kappa shape index (κ3) is 4.22. The van der Waals surface area contributed by atoms with Gasteiger partial charge in [0.05, 0.1) is 18.8 Å². The molecule has 2 N–H and O–H groups in total. The van der Waals surface area contributed by atoms with Crippen molar-refractivity contribution in [2.45, 2.75) is 62.4 Å². The van der Waals surface area contributed by atoms with Gasteiger partial charge in [-0.1, -0.05) is 30.3 Å². The lowest BCUT2D eigenvalue weighted by atomic mass is 10.0. The maximum atomic E-state index is 13.1. The van der Waals surface area contributed by atoms with Gasteiger partial charge in [0, 0.05) is 31.2 Å². The first-order valence-electron chi connectivity index (χ1n) is 11.5. The van der Waals surface area contributed by atoms with Crippen LogP contribution >= 0.6 is 0 Å². The first kappa shape index (κ1) is 19.5. The fourth-order valence-electron chi connectivity index (χ4n) is 5.79. The number of benzene rings is 1. The minimum atomic E-state index is 0.0732. The van der Waals surface area contributed by atoms with E-state index in [0.29, 0.717) is 12.1 Å². The zero-order valence-electron chi connectivity index (χ0n) is 17.3. The summed E-state index contributed by atoms with van der Waals surface area (Å²) in [6, 6.07) is 11.8. The standard InChI is InChI=1S/C23H34N4O2/c28-23(21-7-4-12-27(21)19-8-10-24-11-9-19)25-18-13-20-16-29-22(15-26(20)14-18)17-5-2-1-3-6-17/h1-3,5-6,18-22,24H,4,7-16H2,(H,25,28)/t18-,20-,21-,22+/m0/s1. The molecule has 6 heteroatoms. The zero-order valence-corrected chi connectivity index (χ0v) is 17.3. The molecule has 1 aromatic carbocycles. The van der Waals surface area contributed by atoms with Crippen LogP contribution in [-0.4, -0.2) is 79.2 Å². The molecule has 4 atom stereocenters. The second kappa shape index (κ2) is 8.72. The summed E-state index contributed by atoms with van der Waals surface area (Å²) in [5.41, 5.74) is 1.25. The summed E-state index contributed by atoms with van der Waals surface area (Å²) < 4.78 is 6.16. The van der Waals surface area contributed by atoms with E-state index in [9.17, 15) is 4.79 Å². The van der Waals surface area contributed by atoms with Crippen LogP contribution in [0.2, 0.25) is 0 Å². The van der Waals surface area contributed by atoms with Crippen molar-refractivity contribution in [1.29, 1.82) is 0 Å². The highest BCUT2D eigenvalue weighted by Crippen LogP contribution is 2.31. The molecule has 0 aromatic heterocycles. The van der Waals surface area contributed by atoms with Crippen molar-refractivity contribution in [3.8, 4) is 0 Å². The van der Waals surface area contributed by atoms with Crippen molar-refractivity contribution in [1.82, 2.24) is 20.4 Å². The third-order valence-corrected chi connectivity index (χ3v) is 7.31. The van der Waals surface area contributed by atoms with Gasteiger partial charge in [0.25, 0.3) is 0 Å². The molecule has 0 spiro atoms. The number of nitrogens with zero attached hydrogens (tertiary/aromatic N) is 2. The molecule has 158 valence electrons. The molecule has 4 saturated heterocycles. The highest BCUT2D eigenvalue weighted by atomic mass is 16.5. The van der Waals surface area contributed by atoms with Crippen molar-refractivity contribution >= 4 is 5.91 Å². The second-order valence-corrected chi connectivity index (χ2v) is 9.16. The van der Waals surface area contributed by atoms with Crippen molar-refractivity contribution in [2.75, 3.05) is 39.3 Å². The van der Waals surface area contributed by atoms with Gasteiger partial charge in [0.2, 0.25) is 5.91 Å². The lowest BCUT2D eigenvalue weighted by Gasteiger charge is -2.35. The Bertz CT molecular complexity index is 693. The van der Waals surface area contributed by atoms with Crippen LogP contribution in [0.3, 0.4) is 0 Å². The zero-order chi connectivity index (χ0) is 19.6. The number of likely N-dealkylation sites (tertiary alicyclic amines) is 1. The van der Waals surface area contributed by atoms with E-state index in [1.807, 2.05) is 6.07 Å². The Kier molecular flexibility index (Phi) is 5.86. The summed E-state index contributed by atoms with van der Waals surface area (Å²) in [6.45, 7) is 5.87. The predicted molar refractivity (Wildman–Crippen MR) is 113 cm³/mol. The van der Waals surface area contributed by atoms with Gasteiger partial charge in [-0.2, -0.15) is 0 Å². The Balaban J connectivity index is 1.16. The van der Waals surface area contributed by atoms with Gasteiger partial charge in [0.15, 0.2) is 0 Å². The summed E-state index contributed by atoms with van der Waals surface area (Å²) in [5, 5.41) is 6.85. The lowest BCUT2D eigenvalue weighted by molar-refractivity contribution is -0.127. The molecular weight excluding hydrogens is 364 g/mol. The Labute approximate surface area is 174 Å². The van der Waals surface area contributed by atoms with Gasteiger partial charge in [-0.05, 0) is 57.3 Å². The molecule has 1 aromatic rings. The van der Waals surface area contributed by atoms with E-state index in [2.05, 4.69) is 44.7 Å². The molecule has 0 saturated carbocycles. The minimum Gasteiger partial charge on any atom is -0.371 e. The maximum Gasteiger partial charge on any atom is 0.237 e. The number of morpholine rings is 1. The molecule has 29 heavy (non-hydrogen) atoms. The Morgan fingerprint density at radius 2 is 1.90 bits per heavy atom. The molecule has 4 aliphatic heterocycles. The highest BCUT2D eigenvalue weighted by Gasteiger charge is 2.41. The highest BCUT2D eigenvalue weighted by molar-refractivity contribution is 5.82. The van der Waals surface area contributed by atoms with Crippen LogP contribution in [0.1, 0.15) is 43.8 Å². The number of carbonyl (C=O) groups excluding carboxylic acids is 1. The average molecular weight is 399 g/mol. The largest absolute Gasteiger partial charge is 0.371 e. The molecule has 1 amide bonds. The van der Waals surface area contributed by atoms with Crippen molar-refractivity contribution in [2.24, 2.45) is 0 Å². The lowest BCUT2D eigenvalue weighted by Crippen LogP contribution is -2.52. The minimum absolute atomic E-state index is 0.0732. The van der Waals surface area contributed by atoms with E-state index in [4.69, 9.17) is 4.74 Å². The SMILES string of the molecule is O=C(N[C@H]1C[C@H]2CO[C@@H](c3ccccc3)CN2C1)[C@@H]1CCCN1C1CCNCC1. The summed E-state index contributed by atoms with van der Waals surface area (Å²) in [6.07, 6.45) is 5.64. The molecule has 4 heterocycles. The molecular formula is C23H34N4O2. The van der Waals surface area contributed by atoms with Gasteiger partial charge in [-0.25, -0.2) is 0 Å². The number of hydrogen-bond acceptors (Lipinski definition) is 5. The van der Waals surface area contributed by atoms with Gasteiger partial charge >= 0.3 is 0 Å². The van der Waals surface area contributed by atoms with Crippen LogP contribution in [0, 0.1) is 0 Å². The summed E-state index contributed by atoms with van der Waals surface area (Å²) in [4.78, 5) is 18.1. The Hall–Kier alpha value is -1.47. The van der Waals surface area contributed by atoms with Crippen LogP contribution in [0.4, 0.5) is 0 Å². The second-order valence-electron chi connectivity index (χ2n) is 9.16. The predicted octanol–water partition coefficient (Wildman–Crippen LogP) is 1.53. The Morgan fingerprint density at radius 1 is 1.07 bits per heavy atom. The van der Waals surface area contributed by atoms with Crippen molar-refractivity contribution in [3.05, 3.63) is 35.9 Å². The van der Waals surface area contributed by atoms with Crippen molar-refractivity contribution in [3.63, 3.8) is 0 Å². The van der Waals surface area contributed by atoms with Crippen LogP contribution in [0.15, 0.2) is 30.3 Å². The van der Waals surface area contributed by atoms with E-state index in [1.165, 1.54) is 18.4 Å². The van der Waals surface area contributed by atoms with Gasteiger partial charge < -0.3 is 15.4 Å². The van der Waals surface area contributed by atoms with E-state index in [1.54, 1.807) is 0 Å². The van der Waals surface area contributed by atoms with Gasteiger partial charge in [-0.3, -0.25) is 14.6 Å². The van der Waals surface area contributed by atoms with Crippen LogP contribution in [0.25, 0.3) is 0 Å². The number of piperidine rings is 1. The normalized spacial score (nSPS) is 34.2. The van der Waals surface area contributed by atoms with E-state index >= 15 is 0 Å². The molecule has 4 aliphatic rings. The molecule has 5 rings (SSSR count). The number of rotatable bonds is 4. The Morgan fingerprint density at radius 3 is 2.72 bits per heavy atom. The summed E-state index contributed by atoms with van der Waals surface area (Å²) >= 11 is 0. The third-order valence-electron chi connectivity index (χ3n) is 7.31. The molecule has 0 unspecified atom stereocenters. The molecule has 0 aliphatic carbocycles. The maximum absolute atomic E-state index is 13.1. The summed E-state index contributed by atoms with van der Waals surface area (Å²) in [7, 11) is 0. The molecule has 6 nitrogen and oxygen atoms in total. The molecule has 0 bridgehead atoms. The van der Waals surface area contributed by atoms with Gasteiger partial charge in [-0.15, -0.1) is 0 Å². The average Bonchev–Trinajstić information content (AvgIpc) is 3.41. The van der Waals surface area contributed by atoms with E-state index < -0.39 is 0 Å². The number of amides is 1. The molecule has 4 fully saturated rings. The number of ether oxygens (including phenoxy) is 1. The fraction of sp³-hybridized carbons (Fsp3) is 0.696. The first-order chi connectivity index (χ1) is 14.3. The summed E-state index contributed by atoms with van der Waals surface area (Å²) in [5.74, 6) is 0.256. The van der Waals surface area contributed by atoms with Crippen LogP contribution < -0.4 is 10.6 Å². The number of carbonyl (C=O) groups is 1. The number of nitrogens with one attached hydrogen (secondary N) is 2. The van der Waals surface area contributed by atoms with E-state index in [-0.39, 0.29) is 24.1 Å². The van der Waals surface area contributed by atoms with Crippen molar-refractivity contribution < 1.29 is 9.53 Å². The fourth-order valence-corrected chi connectivity index (χ4v) is 5.79. The van der Waals surface area contributed by atoms with Crippen LogP contribution in [-0.2, 0) is 9.53 Å². The smallest absolute Gasteiger partial charge is 0.237 e. The molecule has 0 radical (unpaired) electrons. The van der Waals surface area contributed by atoms with Gasteiger partial charge in [0.1, 0.15) is 0 Å². The first-order valence-corrected chi connectivity index (χ1v) is 11.5. The van der Waals surface area contributed by atoms with E-state index in [0.717, 1.165) is 58.6 Å². The monoisotopic (exact) mass is 398 g/mol.